The average molecular weight is 754 g/mol. The molecular formula is C35H36IN3O8. The summed E-state index contributed by atoms with van der Waals surface area (Å²) >= 11 is 2.03. The highest BCUT2D eigenvalue weighted by atomic mass is 127. The number of benzene rings is 2. The zero-order chi connectivity index (χ0) is 33.8. The lowest BCUT2D eigenvalue weighted by Crippen LogP contribution is -2.39. The van der Waals surface area contributed by atoms with Crippen molar-refractivity contribution in [1.82, 2.24) is 4.98 Å². The molecule has 3 N–H and O–H groups in total. The van der Waals surface area contributed by atoms with Gasteiger partial charge in [-0.15, -0.1) is 0 Å². The Morgan fingerprint density at radius 2 is 1.98 bits per heavy atom. The van der Waals surface area contributed by atoms with Gasteiger partial charge in [-0.2, -0.15) is 0 Å². The third-order valence-corrected chi connectivity index (χ3v) is 9.71. The van der Waals surface area contributed by atoms with Gasteiger partial charge in [-0.1, -0.05) is 31.1 Å². The molecule has 1 aliphatic carbocycles. The predicted octanol–water partition coefficient (Wildman–Crippen LogP) is 5.91. The van der Waals surface area contributed by atoms with Crippen molar-refractivity contribution in [2.24, 2.45) is 17.8 Å². The Balaban J connectivity index is 1.46. The van der Waals surface area contributed by atoms with E-state index in [0.717, 1.165) is 28.0 Å². The lowest BCUT2D eigenvalue weighted by Gasteiger charge is -2.36. The Labute approximate surface area is 285 Å². The molecule has 0 radical (unpaired) electrons. The molecular weight excluding hydrogens is 717 g/mol. The van der Waals surface area contributed by atoms with Gasteiger partial charge in [-0.05, 0) is 101 Å². The maximum absolute atomic E-state index is 13.9. The van der Waals surface area contributed by atoms with Crippen molar-refractivity contribution in [1.29, 1.82) is 0 Å². The molecule has 1 aliphatic heterocycles. The van der Waals surface area contributed by atoms with E-state index in [2.05, 4.69) is 4.98 Å². The summed E-state index contributed by atoms with van der Waals surface area (Å²) in [6.45, 7) is 1.54. The molecule has 1 aromatic heterocycles. The van der Waals surface area contributed by atoms with E-state index in [1.54, 1.807) is 12.3 Å². The van der Waals surface area contributed by atoms with Crippen LogP contribution in [0.1, 0.15) is 50.3 Å². The number of halogens is 1. The number of phenols is 1. The number of aromatic hydroxyl groups is 1. The Kier molecular flexibility index (Phi) is 10.7. The normalized spacial score (nSPS) is 20.4. The van der Waals surface area contributed by atoms with Crippen molar-refractivity contribution in [2.45, 2.75) is 45.1 Å². The SMILES string of the molecule is CCCC1=C([C@H](O)CC/C(=C/c2cc(I)c(O)c(OC)c2)c2ccccn2)[C@H](CO)[C@@H]2C(=O)N(c3cccc([N+](=O)[O-])c3)C(=O)[C@@H]2C1. The molecule has 4 atom stereocenters. The second kappa shape index (κ2) is 14.7. The third kappa shape index (κ3) is 6.94. The number of aliphatic hydroxyl groups is 2. The van der Waals surface area contributed by atoms with Gasteiger partial charge >= 0.3 is 0 Å². The first-order valence-electron chi connectivity index (χ1n) is 15.4. The maximum Gasteiger partial charge on any atom is 0.271 e. The fourth-order valence-electron chi connectivity index (χ4n) is 6.81. The fourth-order valence-corrected chi connectivity index (χ4v) is 7.43. The topological polar surface area (TPSA) is 163 Å². The van der Waals surface area contributed by atoms with Crippen LogP contribution in [0.25, 0.3) is 11.6 Å². The summed E-state index contributed by atoms with van der Waals surface area (Å²) in [5.41, 5.74) is 3.61. The molecule has 2 aliphatic rings. The summed E-state index contributed by atoms with van der Waals surface area (Å²) < 4.78 is 5.95. The molecule has 2 aromatic carbocycles. The summed E-state index contributed by atoms with van der Waals surface area (Å²) in [6, 6.07) is 14.5. The van der Waals surface area contributed by atoms with Crippen LogP contribution in [-0.4, -0.2) is 56.9 Å². The molecule has 11 nitrogen and oxygen atoms in total. The van der Waals surface area contributed by atoms with Gasteiger partial charge in [0.1, 0.15) is 0 Å². The molecule has 3 aromatic rings. The molecule has 1 fully saturated rings. The van der Waals surface area contributed by atoms with Gasteiger partial charge in [0.15, 0.2) is 11.5 Å². The largest absolute Gasteiger partial charge is 0.504 e. The van der Waals surface area contributed by atoms with Crippen molar-refractivity contribution in [3.8, 4) is 11.5 Å². The van der Waals surface area contributed by atoms with Gasteiger partial charge in [-0.25, -0.2) is 4.90 Å². The van der Waals surface area contributed by atoms with E-state index in [1.165, 1.54) is 31.4 Å². The second-order valence-electron chi connectivity index (χ2n) is 11.7. The number of carbonyl (C=O) groups is 2. The molecule has 0 unspecified atom stereocenters. The quantitative estimate of drug-likeness (QED) is 0.0672. The minimum absolute atomic E-state index is 0.0464. The van der Waals surface area contributed by atoms with Gasteiger partial charge in [0.05, 0.1) is 51.5 Å². The van der Waals surface area contributed by atoms with Crippen molar-refractivity contribution in [3.05, 3.63) is 96.9 Å². The number of amides is 2. The van der Waals surface area contributed by atoms with E-state index < -0.39 is 47.2 Å². The van der Waals surface area contributed by atoms with Crippen LogP contribution in [0.3, 0.4) is 0 Å². The highest BCUT2D eigenvalue weighted by molar-refractivity contribution is 14.1. The average Bonchev–Trinajstić information content (AvgIpc) is 3.32. The zero-order valence-corrected chi connectivity index (χ0v) is 28.2. The van der Waals surface area contributed by atoms with Crippen LogP contribution < -0.4 is 9.64 Å². The number of carbonyl (C=O) groups excluding carboxylic acids is 2. The number of nitro benzene ring substituents is 1. The summed E-state index contributed by atoms with van der Waals surface area (Å²) in [5, 5.41) is 44.2. The standard InChI is InChI=1S/C35H36IN3O8/c1-3-7-22-17-25-32(35(44)38(34(25)43)23-8-6-9-24(18-23)39(45)46)26(19-40)31(22)29(41)12-11-21(28-10-4-5-13-37-28)14-20-15-27(36)33(42)30(16-20)47-2/h4-6,8-10,13-16,18,25-26,29,32,40-42H,3,7,11-12,17,19H2,1-2H3/b21-14-/t25-,26+,29-,32-/m1/s1. The first-order chi connectivity index (χ1) is 22.6. The Morgan fingerprint density at radius 3 is 2.64 bits per heavy atom. The van der Waals surface area contributed by atoms with Crippen molar-refractivity contribution < 1.29 is 34.6 Å². The molecule has 12 heteroatoms. The van der Waals surface area contributed by atoms with Gasteiger partial charge < -0.3 is 20.1 Å². The van der Waals surface area contributed by atoms with Crippen molar-refractivity contribution >= 4 is 57.4 Å². The highest BCUT2D eigenvalue weighted by Crippen LogP contribution is 2.48. The molecule has 0 spiro atoms. The van der Waals surface area contributed by atoms with Crippen LogP contribution in [0.5, 0.6) is 11.5 Å². The molecule has 2 heterocycles. The fraction of sp³-hybridized carbons (Fsp3) is 0.343. The third-order valence-electron chi connectivity index (χ3n) is 8.88. The number of aliphatic hydroxyl groups excluding tert-OH is 2. The molecule has 1 saturated heterocycles. The number of methoxy groups -OCH3 is 1. The molecule has 0 saturated carbocycles. The van der Waals surface area contributed by atoms with Crippen LogP contribution in [0, 0.1) is 31.4 Å². The summed E-state index contributed by atoms with van der Waals surface area (Å²) in [7, 11) is 1.48. The Hall–Kier alpha value is -4.14. The monoisotopic (exact) mass is 753 g/mol. The summed E-state index contributed by atoms with van der Waals surface area (Å²) in [4.78, 5) is 43.9. The van der Waals surface area contributed by atoms with Crippen LogP contribution in [-0.2, 0) is 9.59 Å². The smallest absolute Gasteiger partial charge is 0.271 e. The summed E-state index contributed by atoms with van der Waals surface area (Å²) in [6.07, 6.45) is 4.80. The first-order valence-corrected chi connectivity index (χ1v) is 16.5. The molecule has 2 amide bonds. The molecule has 0 bridgehead atoms. The lowest BCUT2D eigenvalue weighted by molar-refractivity contribution is -0.384. The number of anilines is 1. The number of rotatable bonds is 12. The van der Waals surface area contributed by atoms with Crippen LogP contribution >= 0.6 is 22.6 Å². The van der Waals surface area contributed by atoms with E-state index in [0.29, 0.717) is 33.4 Å². The Bertz CT molecular complexity index is 1740. The van der Waals surface area contributed by atoms with Gasteiger partial charge in [-0.3, -0.25) is 24.7 Å². The number of fused-ring (bicyclic) bond motifs is 1. The predicted molar refractivity (Wildman–Crippen MR) is 184 cm³/mol. The molecule has 47 heavy (non-hydrogen) atoms. The summed E-state index contributed by atoms with van der Waals surface area (Å²) in [5.74, 6) is -3.07. The zero-order valence-electron chi connectivity index (χ0n) is 26.0. The number of aromatic nitrogens is 1. The van der Waals surface area contributed by atoms with E-state index in [-0.39, 0.29) is 30.0 Å². The number of imide groups is 1. The minimum Gasteiger partial charge on any atom is -0.504 e. The second-order valence-corrected chi connectivity index (χ2v) is 12.9. The maximum atomic E-state index is 13.9. The number of nitrogens with zero attached hydrogens (tertiary/aromatic N) is 3. The first kappa shape index (κ1) is 34.2. The molecule has 246 valence electrons. The number of nitro groups is 1. The number of allylic oxidation sites excluding steroid dienone is 2. The van der Waals surface area contributed by atoms with E-state index in [9.17, 15) is 35.0 Å². The minimum atomic E-state index is -1.02. The Morgan fingerprint density at radius 1 is 1.19 bits per heavy atom. The number of non-ortho nitro benzene ring substituents is 1. The number of hydrogen-bond donors (Lipinski definition) is 3. The van der Waals surface area contributed by atoms with Gasteiger partial charge in [0, 0.05) is 24.2 Å². The van der Waals surface area contributed by atoms with Gasteiger partial charge in [0.2, 0.25) is 11.8 Å². The highest BCUT2D eigenvalue weighted by Gasteiger charge is 2.55. The van der Waals surface area contributed by atoms with E-state index in [1.807, 2.05) is 59.9 Å². The number of pyridine rings is 1. The number of ether oxygens (including phenoxy) is 1. The van der Waals surface area contributed by atoms with Crippen molar-refractivity contribution in [2.75, 3.05) is 18.6 Å². The van der Waals surface area contributed by atoms with Gasteiger partial charge in [0.25, 0.3) is 5.69 Å². The lowest BCUT2D eigenvalue weighted by atomic mass is 9.67. The van der Waals surface area contributed by atoms with Crippen LogP contribution in [0.4, 0.5) is 11.4 Å². The molecule has 5 rings (SSSR count). The van der Waals surface area contributed by atoms with E-state index in [4.69, 9.17) is 4.74 Å². The van der Waals surface area contributed by atoms with E-state index >= 15 is 0 Å². The number of hydrogen-bond acceptors (Lipinski definition) is 9. The van der Waals surface area contributed by atoms with Crippen molar-refractivity contribution in [3.63, 3.8) is 0 Å². The van der Waals surface area contributed by atoms with Crippen LogP contribution in [0.2, 0.25) is 0 Å². The number of phenolic OH excluding ortho intramolecular Hbond substituents is 1. The van der Waals surface area contributed by atoms with Crippen LogP contribution in [0.15, 0.2) is 71.9 Å².